The standard InChI is InChI=1S/C23H23N3O6/c1-2-3-4-5-13-32-19-11-9-16(10-12-19)14-20-21(27)24-23(29)25(22(20)28)17-7-6-8-18(15-17)26(30)31/h6-12,14-15H,2-5,13H2,1H3,(H,24,27,29). The first kappa shape index (κ1) is 22.7. The zero-order valence-corrected chi connectivity index (χ0v) is 17.6. The van der Waals surface area contributed by atoms with E-state index in [9.17, 15) is 24.5 Å². The van der Waals surface area contributed by atoms with Gasteiger partial charge in [-0.25, -0.2) is 9.69 Å². The molecule has 9 nitrogen and oxygen atoms in total. The van der Waals surface area contributed by atoms with Crippen molar-refractivity contribution in [3.05, 3.63) is 69.8 Å². The van der Waals surface area contributed by atoms with Crippen LogP contribution < -0.4 is 15.0 Å². The van der Waals surface area contributed by atoms with Gasteiger partial charge in [0.1, 0.15) is 11.3 Å². The monoisotopic (exact) mass is 437 g/mol. The quantitative estimate of drug-likeness (QED) is 0.206. The molecule has 1 fully saturated rings. The first-order valence-electron chi connectivity index (χ1n) is 10.3. The van der Waals surface area contributed by atoms with Crippen molar-refractivity contribution in [3.63, 3.8) is 0 Å². The number of hydrogen-bond acceptors (Lipinski definition) is 6. The van der Waals surface area contributed by atoms with Gasteiger partial charge in [0.2, 0.25) is 0 Å². The number of barbiturate groups is 1. The molecule has 0 bridgehead atoms. The van der Waals surface area contributed by atoms with E-state index in [1.54, 1.807) is 24.3 Å². The summed E-state index contributed by atoms with van der Waals surface area (Å²) in [5.74, 6) is -1.02. The molecule has 1 aliphatic heterocycles. The topological polar surface area (TPSA) is 119 Å². The molecule has 0 unspecified atom stereocenters. The fourth-order valence-corrected chi connectivity index (χ4v) is 3.18. The molecule has 0 radical (unpaired) electrons. The Morgan fingerprint density at radius 3 is 2.50 bits per heavy atom. The van der Waals surface area contributed by atoms with Crippen LogP contribution in [-0.2, 0) is 9.59 Å². The largest absolute Gasteiger partial charge is 0.494 e. The van der Waals surface area contributed by atoms with E-state index in [1.807, 2.05) is 0 Å². The van der Waals surface area contributed by atoms with E-state index in [1.165, 1.54) is 30.7 Å². The fraction of sp³-hybridized carbons (Fsp3) is 0.261. The molecule has 1 N–H and O–H groups in total. The highest BCUT2D eigenvalue weighted by Crippen LogP contribution is 2.25. The first-order chi connectivity index (χ1) is 15.4. The van der Waals surface area contributed by atoms with E-state index in [2.05, 4.69) is 12.2 Å². The summed E-state index contributed by atoms with van der Waals surface area (Å²) in [6, 6.07) is 11.0. The minimum Gasteiger partial charge on any atom is -0.494 e. The highest BCUT2D eigenvalue weighted by atomic mass is 16.6. The second-order valence-corrected chi connectivity index (χ2v) is 7.21. The average Bonchev–Trinajstić information content (AvgIpc) is 2.77. The summed E-state index contributed by atoms with van der Waals surface area (Å²) in [6.45, 7) is 2.76. The Hall–Kier alpha value is -4.01. The SMILES string of the molecule is CCCCCCOc1ccc(C=C2C(=O)NC(=O)N(c3cccc([N+](=O)[O-])c3)C2=O)cc1. The summed E-state index contributed by atoms with van der Waals surface area (Å²) < 4.78 is 5.68. The lowest BCUT2D eigenvalue weighted by molar-refractivity contribution is -0.384. The van der Waals surface area contributed by atoms with Gasteiger partial charge in [-0.1, -0.05) is 44.4 Å². The summed E-state index contributed by atoms with van der Waals surface area (Å²) >= 11 is 0. The Balaban J connectivity index is 1.77. The van der Waals surface area contributed by atoms with Crippen LogP contribution in [0.15, 0.2) is 54.1 Å². The van der Waals surface area contributed by atoms with E-state index < -0.39 is 22.8 Å². The number of urea groups is 1. The molecule has 0 saturated carbocycles. The van der Waals surface area contributed by atoms with Gasteiger partial charge in [0, 0.05) is 12.1 Å². The molecule has 0 spiro atoms. The average molecular weight is 437 g/mol. The molecule has 166 valence electrons. The third-order valence-corrected chi connectivity index (χ3v) is 4.86. The molecule has 4 amide bonds. The summed E-state index contributed by atoms with van der Waals surface area (Å²) in [4.78, 5) is 48.5. The number of ether oxygens (including phenoxy) is 1. The molecule has 0 aliphatic carbocycles. The fourth-order valence-electron chi connectivity index (χ4n) is 3.18. The molecule has 1 heterocycles. The van der Waals surface area contributed by atoms with Gasteiger partial charge in [-0.05, 0) is 36.3 Å². The second-order valence-electron chi connectivity index (χ2n) is 7.21. The Kier molecular flexibility index (Phi) is 7.33. The minimum atomic E-state index is -0.968. The van der Waals surface area contributed by atoms with Crippen molar-refractivity contribution in [2.45, 2.75) is 32.6 Å². The summed E-state index contributed by atoms with van der Waals surface area (Å²) in [5.41, 5.74) is 0.0160. The number of nitro groups is 1. The zero-order chi connectivity index (χ0) is 23.1. The molecule has 0 atom stereocenters. The van der Waals surface area contributed by atoms with Crippen molar-refractivity contribution < 1.29 is 24.0 Å². The molecular weight excluding hydrogens is 414 g/mol. The van der Waals surface area contributed by atoms with Crippen molar-refractivity contribution in [2.75, 3.05) is 11.5 Å². The first-order valence-corrected chi connectivity index (χ1v) is 10.3. The van der Waals surface area contributed by atoms with Crippen LogP contribution in [0.3, 0.4) is 0 Å². The zero-order valence-electron chi connectivity index (χ0n) is 17.6. The lowest BCUT2D eigenvalue weighted by Crippen LogP contribution is -2.54. The Bertz CT molecular complexity index is 1060. The number of non-ortho nitro benzene ring substituents is 1. The summed E-state index contributed by atoms with van der Waals surface area (Å²) in [6.07, 6.45) is 5.76. The molecule has 9 heteroatoms. The van der Waals surface area contributed by atoms with Crippen molar-refractivity contribution >= 4 is 35.3 Å². The molecule has 3 rings (SSSR count). The van der Waals surface area contributed by atoms with Crippen molar-refractivity contribution in [1.29, 1.82) is 0 Å². The number of anilines is 1. The maximum absolute atomic E-state index is 12.9. The predicted molar refractivity (Wildman–Crippen MR) is 118 cm³/mol. The number of imide groups is 2. The summed E-state index contributed by atoms with van der Waals surface area (Å²) in [7, 11) is 0. The number of nitro benzene ring substituents is 1. The van der Waals surface area contributed by atoms with Crippen LogP contribution in [0.4, 0.5) is 16.2 Å². The van der Waals surface area contributed by atoms with E-state index in [0.29, 0.717) is 22.8 Å². The lowest BCUT2D eigenvalue weighted by atomic mass is 10.1. The molecule has 2 aromatic rings. The van der Waals surface area contributed by atoms with Crippen LogP contribution in [0.25, 0.3) is 6.08 Å². The van der Waals surface area contributed by atoms with Crippen LogP contribution in [0.1, 0.15) is 38.2 Å². The Labute approximate surface area is 184 Å². The lowest BCUT2D eigenvalue weighted by Gasteiger charge is -2.26. The van der Waals surface area contributed by atoms with E-state index in [0.717, 1.165) is 25.3 Å². The van der Waals surface area contributed by atoms with Crippen LogP contribution >= 0.6 is 0 Å². The minimum absolute atomic E-state index is 0.00748. The number of hydrogen-bond donors (Lipinski definition) is 1. The molecule has 2 aromatic carbocycles. The Morgan fingerprint density at radius 1 is 1.06 bits per heavy atom. The van der Waals surface area contributed by atoms with Crippen LogP contribution in [0, 0.1) is 10.1 Å². The van der Waals surface area contributed by atoms with Gasteiger partial charge in [-0.2, -0.15) is 0 Å². The number of amides is 4. The van der Waals surface area contributed by atoms with Crippen LogP contribution in [0.5, 0.6) is 5.75 Å². The second kappa shape index (κ2) is 10.3. The number of benzene rings is 2. The van der Waals surface area contributed by atoms with Gasteiger partial charge >= 0.3 is 6.03 Å². The number of carbonyl (C=O) groups is 3. The van der Waals surface area contributed by atoms with E-state index >= 15 is 0 Å². The highest BCUT2D eigenvalue weighted by molar-refractivity contribution is 6.39. The predicted octanol–water partition coefficient (Wildman–Crippen LogP) is 4.22. The van der Waals surface area contributed by atoms with Crippen LogP contribution in [0.2, 0.25) is 0 Å². The maximum atomic E-state index is 12.9. The molecule has 32 heavy (non-hydrogen) atoms. The smallest absolute Gasteiger partial charge is 0.335 e. The van der Waals surface area contributed by atoms with Crippen molar-refractivity contribution in [2.24, 2.45) is 0 Å². The molecule has 0 aromatic heterocycles. The maximum Gasteiger partial charge on any atom is 0.335 e. The van der Waals surface area contributed by atoms with Gasteiger partial charge in [0.15, 0.2) is 0 Å². The highest BCUT2D eigenvalue weighted by Gasteiger charge is 2.37. The number of rotatable bonds is 9. The van der Waals surface area contributed by atoms with Crippen molar-refractivity contribution in [1.82, 2.24) is 5.32 Å². The molecule has 1 aliphatic rings. The van der Waals surface area contributed by atoms with Crippen molar-refractivity contribution in [3.8, 4) is 5.75 Å². The van der Waals surface area contributed by atoms with Gasteiger partial charge in [0.25, 0.3) is 17.5 Å². The van der Waals surface area contributed by atoms with Crippen LogP contribution in [-0.4, -0.2) is 29.4 Å². The van der Waals surface area contributed by atoms with Gasteiger partial charge < -0.3 is 4.74 Å². The number of nitrogens with zero attached hydrogens (tertiary/aromatic N) is 2. The van der Waals surface area contributed by atoms with Gasteiger partial charge in [-0.3, -0.25) is 25.0 Å². The van der Waals surface area contributed by atoms with Gasteiger partial charge in [-0.15, -0.1) is 0 Å². The van der Waals surface area contributed by atoms with E-state index in [-0.39, 0.29) is 16.9 Å². The normalized spacial score (nSPS) is 15.1. The molecule has 1 saturated heterocycles. The number of carbonyl (C=O) groups excluding carboxylic acids is 3. The number of nitrogens with one attached hydrogen (secondary N) is 1. The third kappa shape index (κ3) is 5.37. The molecular formula is C23H23N3O6. The van der Waals surface area contributed by atoms with Gasteiger partial charge in [0.05, 0.1) is 17.2 Å². The summed E-state index contributed by atoms with van der Waals surface area (Å²) in [5, 5.41) is 13.1. The van der Waals surface area contributed by atoms with E-state index in [4.69, 9.17) is 4.74 Å². The third-order valence-electron chi connectivity index (χ3n) is 4.86. The Morgan fingerprint density at radius 2 is 1.81 bits per heavy atom. The number of unbranched alkanes of at least 4 members (excludes halogenated alkanes) is 3.